The number of rotatable bonds is 4. The van der Waals surface area contributed by atoms with Gasteiger partial charge >= 0.3 is 0 Å². The number of hydrogen-bond donors (Lipinski definition) is 2. The van der Waals surface area contributed by atoms with Crippen molar-refractivity contribution >= 4 is 16.7 Å². The van der Waals surface area contributed by atoms with Gasteiger partial charge in [0.25, 0.3) is 0 Å². The Morgan fingerprint density at radius 1 is 0.929 bits per heavy atom. The third-order valence-corrected chi connectivity index (χ3v) is 5.21. The fourth-order valence-electron chi connectivity index (χ4n) is 3.88. The summed E-state index contributed by atoms with van der Waals surface area (Å²) in [7, 11) is 0. The van der Waals surface area contributed by atoms with Crippen LogP contribution in [0.15, 0.2) is 59.0 Å². The Hall–Kier alpha value is -3.07. The molecule has 2 aromatic carbocycles. The molecule has 3 nitrogen and oxygen atoms in total. The van der Waals surface area contributed by atoms with E-state index in [1.807, 2.05) is 0 Å². The average molecular weight is 372 g/mol. The summed E-state index contributed by atoms with van der Waals surface area (Å²) in [5.74, 6) is 0.902. The van der Waals surface area contributed by atoms with Gasteiger partial charge in [-0.2, -0.15) is 0 Å². The van der Waals surface area contributed by atoms with E-state index in [1.54, 1.807) is 0 Å². The molecule has 1 aliphatic carbocycles. The van der Waals surface area contributed by atoms with Gasteiger partial charge in [0.05, 0.1) is 6.07 Å². The van der Waals surface area contributed by atoms with Gasteiger partial charge < -0.3 is 9.73 Å². The zero-order valence-corrected chi connectivity index (χ0v) is 17.0. The summed E-state index contributed by atoms with van der Waals surface area (Å²) in [5, 5.41) is 5.71. The molecule has 0 aromatic heterocycles. The average Bonchev–Trinajstić information content (AvgIpc) is 2.69. The van der Waals surface area contributed by atoms with Crippen LogP contribution >= 0.6 is 0 Å². The van der Waals surface area contributed by atoms with Crippen molar-refractivity contribution < 1.29 is 9.41 Å². The van der Waals surface area contributed by atoms with E-state index in [2.05, 4.69) is 92.6 Å². The number of aryl methyl sites for hydroxylation is 2. The first kappa shape index (κ1) is 18.3. The molecule has 0 fully saturated rings. The molecule has 1 aliphatic heterocycles. The second-order valence-electron chi connectivity index (χ2n) is 7.23. The first-order valence-corrected chi connectivity index (χ1v) is 10.00. The molecule has 0 saturated carbocycles. The Morgan fingerprint density at radius 2 is 1.71 bits per heavy atom. The monoisotopic (exact) mass is 371 g/mol. The molecule has 28 heavy (non-hydrogen) atoms. The Labute approximate surface area is 166 Å². The zero-order valence-electron chi connectivity index (χ0n) is 17.0. The van der Waals surface area contributed by atoms with E-state index in [4.69, 9.17) is 4.42 Å². The molecule has 2 N–H and O–H groups in total. The van der Waals surface area contributed by atoms with E-state index in [0.29, 0.717) is 0 Å². The fraction of sp³-hybridized carbons (Fsp3) is 0.240. The highest BCUT2D eigenvalue weighted by Crippen LogP contribution is 2.41. The van der Waals surface area contributed by atoms with Gasteiger partial charge in [-0.3, -0.25) is 0 Å². The predicted octanol–water partition coefficient (Wildman–Crippen LogP) is 4.25. The van der Waals surface area contributed by atoms with Crippen molar-refractivity contribution in [3.8, 4) is 22.5 Å². The molecule has 2 aliphatic rings. The second-order valence-corrected chi connectivity index (χ2v) is 7.23. The highest BCUT2D eigenvalue weighted by Gasteiger charge is 2.19. The van der Waals surface area contributed by atoms with E-state index in [-0.39, 0.29) is 0 Å². The minimum absolute atomic E-state index is 0.884. The Kier molecular flexibility index (Phi) is 4.91. The van der Waals surface area contributed by atoms with Crippen LogP contribution in [-0.2, 0) is 0 Å². The van der Waals surface area contributed by atoms with Crippen molar-refractivity contribution in [1.82, 2.24) is 0 Å². The summed E-state index contributed by atoms with van der Waals surface area (Å²) in [4.78, 5) is 3.44. The minimum atomic E-state index is 0.884. The summed E-state index contributed by atoms with van der Waals surface area (Å²) < 4.78 is 6.41. The van der Waals surface area contributed by atoms with E-state index >= 15 is 0 Å². The van der Waals surface area contributed by atoms with Crippen molar-refractivity contribution in [3.05, 3.63) is 71.1 Å². The van der Waals surface area contributed by atoms with Crippen molar-refractivity contribution in [2.75, 3.05) is 18.4 Å². The molecular formula is C25H27N2O+. The largest absolute Gasteiger partial charge is 0.456 e. The lowest BCUT2D eigenvalue weighted by Gasteiger charge is -2.17. The van der Waals surface area contributed by atoms with Gasteiger partial charge in [0, 0.05) is 40.4 Å². The fourth-order valence-corrected chi connectivity index (χ4v) is 3.88. The number of anilines is 1. The van der Waals surface area contributed by atoms with Gasteiger partial charge in [0.1, 0.15) is 17.9 Å². The first-order valence-electron chi connectivity index (χ1n) is 10.00. The maximum Gasteiger partial charge on any atom is 0.204 e. The quantitative estimate of drug-likeness (QED) is 0.526. The van der Waals surface area contributed by atoms with Crippen molar-refractivity contribution in [1.29, 1.82) is 0 Å². The van der Waals surface area contributed by atoms with Crippen LogP contribution < -0.4 is 15.7 Å². The van der Waals surface area contributed by atoms with Crippen LogP contribution in [0.25, 0.3) is 33.4 Å². The molecule has 0 bridgehead atoms. The lowest BCUT2D eigenvalue weighted by molar-refractivity contribution is -0.496. The molecule has 0 amide bonds. The third-order valence-electron chi connectivity index (χ3n) is 5.21. The third kappa shape index (κ3) is 3.18. The topological polar surface area (TPSA) is 39.1 Å². The smallest absolute Gasteiger partial charge is 0.204 e. The van der Waals surface area contributed by atoms with Crippen LogP contribution in [0.4, 0.5) is 5.69 Å². The molecule has 3 heteroatoms. The maximum absolute atomic E-state index is 6.41. The van der Waals surface area contributed by atoms with E-state index < -0.39 is 0 Å². The highest BCUT2D eigenvalue weighted by atomic mass is 16.3. The summed E-state index contributed by atoms with van der Waals surface area (Å²) in [6.07, 6.45) is 0. The lowest BCUT2D eigenvalue weighted by atomic mass is 9.91. The molecule has 1 heterocycles. The second kappa shape index (κ2) is 7.51. The van der Waals surface area contributed by atoms with Crippen molar-refractivity contribution in [3.63, 3.8) is 0 Å². The summed E-state index contributed by atoms with van der Waals surface area (Å²) in [5.41, 5.74) is 8.06. The molecule has 0 atom stereocenters. The molecule has 142 valence electrons. The van der Waals surface area contributed by atoms with Gasteiger partial charge in [0.2, 0.25) is 5.36 Å². The molecule has 4 rings (SSSR count). The number of fused-ring (bicyclic) bond motifs is 2. The van der Waals surface area contributed by atoms with Crippen LogP contribution in [-0.4, -0.2) is 13.1 Å². The Balaban J connectivity index is 2.15. The van der Waals surface area contributed by atoms with Crippen LogP contribution in [0.1, 0.15) is 25.0 Å². The Morgan fingerprint density at radius 3 is 2.43 bits per heavy atom. The van der Waals surface area contributed by atoms with Gasteiger partial charge in [0.15, 0.2) is 0 Å². The normalized spacial score (nSPS) is 12.1. The molecule has 2 aromatic rings. The van der Waals surface area contributed by atoms with Gasteiger partial charge in [-0.05, 0) is 51.0 Å². The van der Waals surface area contributed by atoms with Gasteiger partial charge in [-0.25, -0.2) is 4.99 Å². The summed E-state index contributed by atoms with van der Waals surface area (Å²) in [6.45, 7) is 10.3. The predicted molar refractivity (Wildman–Crippen MR) is 117 cm³/mol. The minimum Gasteiger partial charge on any atom is -0.456 e. The standard InChI is InChI=1S/C25H26N2O/c1-5-26-21-14-23-19(12-16(21)3)25(18-10-8-7-9-11-18)20-13-17(4)22(27-6-2)15-24(20)28-23/h7-15,26H,5-6H2,1-4H3/p+1. The zero-order chi connectivity index (χ0) is 19.7. The maximum atomic E-state index is 6.41. The number of benzene rings is 3. The molecule has 0 unspecified atom stereocenters. The summed E-state index contributed by atoms with van der Waals surface area (Å²) >= 11 is 0. The molecule has 0 saturated heterocycles. The number of hydrogen-bond acceptors (Lipinski definition) is 2. The Bertz CT molecular complexity index is 1170. The lowest BCUT2D eigenvalue weighted by Crippen LogP contribution is -2.76. The van der Waals surface area contributed by atoms with Crippen LogP contribution in [0.5, 0.6) is 0 Å². The van der Waals surface area contributed by atoms with Crippen LogP contribution in [0.2, 0.25) is 0 Å². The number of nitrogens with one attached hydrogen (secondary N) is 2. The van der Waals surface area contributed by atoms with E-state index in [1.165, 1.54) is 22.3 Å². The van der Waals surface area contributed by atoms with Crippen LogP contribution in [0.3, 0.4) is 0 Å². The highest BCUT2D eigenvalue weighted by molar-refractivity contribution is 6.03. The van der Waals surface area contributed by atoms with Crippen LogP contribution in [0, 0.1) is 13.8 Å². The van der Waals surface area contributed by atoms with E-state index in [9.17, 15) is 0 Å². The van der Waals surface area contributed by atoms with Crippen molar-refractivity contribution in [2.45, 2.75) is 27.7 Å². The van der Waals surface area contributed by atoms with Crippen molar-refractivity contribution in [2.24, 2.45) is 0 Å². The molecule has 0 radical (unpaired) electrons. The first-order chi connectivity index (χ1) is 13.6. The van der Waals surface area contributed by atoms with Gasteiger partial charge in [-0.15, -0.1) is 0 Å². The molecular weight excluding hydrogens is 344 g/mol. The van der Waals surface area contributed by atoms with Gasteiger partial charge in [-0.1, -0.05) is 30.3 Å². The van der Waals surface area contributed by atoms with E-state index in [0.717, 1.165) is 46.4 Å². The molecule has 0 spiro atoms. The summed E-state index contributed by atoms with van der Waals surface area (Å²) in [6, 6.07) is 19.3. The SMILES string of the molecule is CCNc1cc2oc3cc(=[NH+]CC)c(C)cc-3c(-c3ccccc3)c2cc1C.